The minimum atomic E-state index is -1.09. The summed E-state index contributed by atoms with van der Waals surface area (Å²) in [6, 6.07) is 5.67. The van der Waals surface area contributed by atoms with E-state index in [2.05, 4.69) is 20.8 Å². The molecule has 1 aromatic heterocycles. The molecule has 2 amide bonds. The zero-order valence-electron chi connectivity index (χ0n) is 20.6. The molecule has 12 heteroatoms. The van der Waals surface area contributed by atoms with Gasteiger partial charge in [-0.05, 0) is 31.4 Å². The molecule has 1 heterocycles. The van der Waals surface area contributed by atoms with Crippen LogP contribution in [0.1, 0.15) is 38.5 Å². The number of carbonyl (C=O) groups excluding carboxylic acids is 2. The maximum atomic E-state index is 14.1. The van der Waals surface area contributed by atoms with E-state index in [0.29, 0.717) is 23.7 Å². The number of rotatable bonds is 11. The van der Waals surface area contributed by atoms with Crippen molar-refractivity contribution in [2.24, 2.45) is 0 Å². The highest BCUT2D eigenvalue weighted by Crippen LogP contribution is 2.32. The zero-order chi connectivity index (χ0) is 27.1. The summed E-state index contributed by atoms with van der Waals surface area (Å²) in [5, 5.41) is 22.9. The molecule has 0 aliphatic heterocycles. The quantitative estimate of drug-likeness (QED) is 0.300. The van der Waals surface area contributed by atoms with E-state index in [1.165, 1.54) is 18.3 Å². The number of hydrogen-bond acceptors (Lipinski definition) is 6. The minimum Gasteiger partial charge on any atom is -0.484 e. The summed E-state index contributed by atoms with van der Waals surface area (Å²) in [5.41, 5.74) is -0.228. The number of hydrogen-bond donors (Lipinski definition) is 4. The van der Waals surface area contributed by atoms with E-state index in [9.17, 15) is 27.9 Å². The number of nitrogens with zero attached hydrogens (tertiary/aromatic N) is 1. The third-order valence-electron chi connectivity index (χ3n) is 6.49. The Morgan fingerprint density at radius 2 is 1.68 bits per heavy atom. The van der Waals surface area contributed by atoms with Crippen molar-refractivity contribution in [3.63, 3.8) is 0 Å². The van der Waals surface area contributed by atoms with Crippen molar-refractivity contribution < 1.29 is 37.3 Å². The number of fused-ring (bicyclic) bond motifs is 1. The molecule has 0 saturated heterocycles. The van der Waals surface area contributed by atoms with Gasteiger partial charge >= 0.3 is 0 Å². The zero-order valence-corrected chi connectivity index (χ0v) is 20.6. The Hall–Kier alpha value is -3.80. The fourth-order valence-corrected chi connectivity index (χ4v) is 4.68. The molecule has 1 atom stereocenters. The first-order valence-corrected chi connectivity index (χ1v) is 12.3. The molecule has 0 spiro atoms. The number of halogens is 3. The molecule has 4 rings (SSSR count). The molecule has 0 bridgehead atoms. The van der Waals surface area contributed by atoms with Crippen LogP contribution in [0.5, 0.6) is 11.5 Å². The van der Waals surface area contributed by atoms with Crippen LogP contribution in [0.2, 0.25) is 0 Å². The smallest absolute Gasteiger partial charge is 0.258 e. The molecule has 4 N–H and O–H groups in total. The number of aliphatic hydroxyl groups excluding tert-OH is 1. The maximum Gasteiger partial charge on any atom is 0.258 e. The molecular formula is C26H29F3N4O5. The summed E-state index contributed by atoms with van der Waals surface area (Å²) >= 11 is 0. The highest BCUT2D eigenvalue weighted by atomic mass is 19.2. The topological polar surface area (TPSA) is 126 Å². The molecule has 204 valence electrons. The molecular weight excluding hydrogens is 505 g/mol. The molecule has 0 radical (unpaired) electrons. The van der Waals surface area contributed by atoms with Gasteiger partial charge in [-0.25, -0.2) is 13.2 Å². The monoisotopic (exact) mass is 534 g/mol. The van der Waals surface area contributed by atoms with Crippen molar-refractivity contribution >= 4 is 22.7 Å². The lowest BCUT2D eigenvalue weighted by atomic mass is 9.77. The number of H-pyrrole nitrogens is 1. The molecule has 38 heavy (non-hydrogen) atoms. The predicted molar refractivity (Wildman–Crippen MR) is 131 cm³/mol. The van der Waals surface area contributed by atoms with Crippen LogP contribution in [-0.4, -0.2) is 58.5 Å². The summed E-state index contributed by atoms with van der Waals surface area (Å²) in [6.07, 6.45) is 4.65. The predicted octanol–water partition coefficient (Wildman–Crippen LogP) is 3.12. The number of aromatic nitrogens is 2. The van der Waals surface area contributed by atoms with Crippen LogP contribution in [-0.2, 0) is 9.59 Å². The van der Waals surface area contributed by atoms with Gasteiger partial charge in [-0.3, -0.25) is 14.7 Å². The maximum absolute atomic E-state index is 14.1. The van der Waals surface area contributed by atoms with Crippen LogP contribution in [0, 0.1) is 17.5 Å². The largest absolute Gasteiger partial charge is 0.484 e. The standard InChI is InChI=1S/C26H29F3N4O5/c27-20-5-4-17(8-22(20)29)37-14-24(35)30-12-16(34)11-26(6-2-1-3-7-26)32-25(36)15-38-18-9-21(28)19-13-31-33-23(19)10-18/h4-5,8-10,13,16,34H,1-3,6-7,11-12,14-15H2,(H,30,35)(H,31,33)(H,32,36)/t16-/m0/s1. The van der Waals surface area contributed by atoms with Gasteiger partial charge in [0.25, 0.3) is 11.8 Å². The van der Waals surface area contributed by atoms with Crippen LogP contribution in [0.3, 0.4) is 0 Å². The van der Waals surface area contributed by atoms with Crippen molar-refractivity contribution in [2.75, 3.05) is 19.8 Å². The number of amides is 2. The summed E-state index contributed by atoms with van der Waals surface area (Å²) in [4.78, 5) is 24.8. The Balaban J connectivity index is 1.26. The van der Waals surface area contributed by atoms with E-state index >= 15 is 0 Å². The van der Waals surface area contributed by atoms with Gasteiger partial charge < -0.3 is 25.2 Å². The van der Waals surface area contributed by atoms with Crippen molar-refractivity contribution in [3.8, 4) is 11.5 Å². The van der Waals surface area contributed by atoms with Crippen LogP contribution >= 0.6 is 0 Å². The van der Waals surface area contributed by atoms with Gasteiger partial charge in [-0.1, -0.05) is 19.3 Å². The number of nitrogens with one attached hydrogen (secondary N) is 3. The molecule has 9 nitrogen and oxygen atoms in total. The van der Waals surface area contributed by atoms with Gasteiger partial charge in [0.15, 0.2) is 24.8 Å². The number of ether oxygens (including phenoxy) is 2. The third-order valence-corrected chi connectivity index (χ3v) is 6.49. The van der Waals surface area contributed by atoms with E-state index in [0.717, 1.165) is 31.4 Å². The van der Waals surface area contributed by atoms with Gasteiger partial charge in [-0.2, -0.15) is 5.10 Å². The van der Waals surface area contributed by atoms with E-state index in [4.69, 9.17) is 9.47 Å². The Morgan fingerprint density at radius 3 is 2.45 bits per heavy atom. The summed E-state index contributed by atoms with van der Waals surface area (Å²) in [5.74, 6) is -3.41. The minimum absolute atomic E-state index is 0.00193. The van der Waals surface area contributed by atoms with Crippen molar-refractivity contribution in [2.45, 2.75) is 50.2 Å². The van der Waals surface area contributed by atoms with Crippen molar-refractivity contribution in [1.82, 2.24) is 20.8 Å². The molecule has 2 aromatic carbocycles. The fourth-order valence-electron chi connectivity index (χ4n) is 4.68. The number of carbonyl (C=O) groups is 2. The van der Waals surface area contributed by atoms with Crippen LogP contribution < -0.4 is 20.1 Å². The van der Waals surface area contributed by atoms with Crippen LogP contribution in [0.25, 0.3) is 10.9 Å². The summed E-state index contributed by atoms with van der Waals surface area (Å²) in [6.45, 7) is -0.867. The van der Waals surface area contributed by atoms with Gasteiger partial charge in [0.1, 0.15) is 17.3 Å². The van der Waals surface area contributed by atoms with Gasteiger partial charge in [0, 0.05) is 30.3 Å². The van der Waals surface area contributed by atoms with E-state index in [1.54, 1.807) is 6.07 Å². The lowest BCUT2D eigenvalue weighted by Gasteiger charge is -2.39. The Bertz CT molecular complexity index is 1280. The molecule has 1 aliphatic rings. The molecule has 0 unspecified atom stereocenters. The van der Waals surface area contributed by atoms with Gasteiger partial charge in [0.2, 0.25) is 0 Å². The lowest BCUT2D eigenvalue weighted by molar-refractivity contribution is -0.126. The SMILES string of the molecule is O=C(COc1ccc(F)c(F)c1)NC[C@@H](O)CC1(NC(=O)COc2cc(F)c3cn[nH]c3c2)CCCCC1. The van der Waals surface area contributed by atoms with E-state index in [-0.39, 0.29) is 31.1 Å². The number of benzene rings is 2. The first-order chi connectivity index (χ1) is 18.2. The first-order valence-electron chi connectivity index (χ1n) is 12.3. The second kappa shape index (κ2) is 12.2. The second-order valence-electron chi connectivity index (χ2n) is 9.44. The van der Waals surface area contributed by atoms with Crippen molar-refractivity contribution in [3.05, 3.63) is 54.0 Å². The van der Waals surface area contributed by atoms with Gasteiger partial charge in [-0.15, -0.1) is 0 Å². The van der Waals surface area contributed by atoms with Gasteiger partial charge in [0.05, 0.1) is 23.2 Å². The number of aliphatic hydroxyl groups is 1. The van der Waals surface area contributed by atoms with Crippen LogP contribution in [0.15, 0.2) is 36.5 Å². The molecule has 1 fully saturated rings. The average Bonchev–Trinajstić information content (AvgIpc) is 3.37. The molecule has 1 saturated carbocycles. The van der Waals surface area contributed by atoms with Crippen LogP contribution in [0.4, 0.5) is 13.2 Å². The highest BCUT2D eigenvalue weighted by Gasteiger charge is 2.35. The fraction of sp³-hybridized carbons (Fsp3) is 0.423. The summed E-state index contributed by atoms with van der Waals surface area (Å²) < 4.78 is 51.0. The van der Waals surface area contributed by atoms with E-state index < -0.39 is 47.5 Å². The lowest BCUT2D eigenvalue weighted by Crippen LogP contribution is -2.54. The highest BCUT2D eigenvalue weighted by molar-refractivity contribution is 5.81. The third kappa shape index (κ3) is 7.15. The Labute approximate surface area is 216 Å². The Kier molecular flexibility index (Phi) is 8.72. The normalized spacial score (nSPS) is 15.6. The van der Waals surface area contributed by atoms with Crippen molar-refractivity contribution in [1.29, 1.82) is 0 Å². The molecule has 3 aromatic rings. The second-order valence-corrected chi connectivity index (χ2v) is 9.44. The molecule has 1 aliphatic carbocycles. The van der Waals surface area contributed by atoms with E-state index in [1.807, 2.05) is 0 Å². The summed E-state index contributed by atoms with van der Waals surface area (Å²) in [7, 11) is 0. The first kappa shape index (κ1) is 27.2. The average molecular weight is 535 g/mol. The Morgan fingerprint density at radius 1 is 0.974 bits per heavy atom. The number of aromatic amines is 1.